The summed E-state index contributed by atoms with van der Waals surface area (Å²) in [5, 5.41) is 0. The smallest absolute Gasteiger partial charge is 0.150 e. The van der Waals surface area contributed by atoms with Crippen molar-refractivity contribution >= 4 is 17.7 Å². The van der Waals surface area contributed by atoms with E-state index in [0.717, 1.165) is 24.2 Å². The van der Waals surface area contributed by atoms with Gasteiger partial charge in [0, 0.05) is 23.5 Å². The number of rotatable bonds is 4. The number of anilines is 2. The lowest BCUT2D eigenvalue weighted by atomic mass is 10.2. The van der Waals surface area contributed by atoms with Gasteiger partial charge in [-0.25, -0.2) is 0 Å². The van der Waals surface area contributed by atoms with Gasteiger partial charge >= 0.3 is 0 Å². The molecule has 0 fully saturated rings. The van der Waals surface area contributed by atoms with Crippen molar-refractivity contribution < 1.29 is 4.79 Å². The number of carbonyl (C=O) groups is 1. The van der Waals surface area contributed by atoms with Crippen LogP contribution in [0.1, 0.15) is 17.3 Å². The average Bonchev–Trinajstić information content (AvgIpc) is 2.42. The highest BCUT2D eigenvalue weighted by Gasteiger charge is 2.05. The number of nitrogens with zero attached hydrogens (tertiary/aromatic N) is 1. The van der Waals surface area contributed by atoms with Gasteiger partial charge in [0.25, 0.3) is 0 Å². The fourth-order valence-electron chi connectivity index (χ4n) is 1.85. The van der Waals surface area contributed by atoms with Crippen LogP contribution in [0.5, 0.6) is 0 Å². The molecule has 0 spiro atoms. The number of aldehydes is 1. The Morgan fingerprint density at radius 1 is 0.941 bits per heavy atom. The van der Waals surface area contributed by atoms with E-state index in [1.54, 1.807) is 0 Å². The summed E-state index contributed by atoms with van der Waals surface area (Å²) in [6.45, 7) is 3.01. The Morgan fingerprint density at radius 3 is 2.06 bits per heavy atom. The van der Waals surface area contributed by atoms with E-state index in [4.69, 9.17) is 0 Å². The van der Waals surface area contributed by atoms with Gasteiger partial charge in [0.15, 0.2) is 0 Å². The van der Waals surface area contributed by atoms with Crippen LogP contribution >= 0.6 is 0 Å². The standard InChI is InChI=1S/C15H15NO/c1-2-16(14-6-4-3-5-7-14)15-10-8-13(12-17)9-11-15/h3-12H,2H2,1H3. The average molecular weight is 225 g/mol. The van der Waals surface area contributed by atoms with E-state index in [-0.39, 0.29) is 0 Å². The van der Waals surface area contributed by atoms with Crippen LogP contribution in [-0.4, -0.2) is 12.8 Å². The number of para-hydroxylation sites is 1. The van der Waals surface area contributed by atoms with Gasteiger partial charge in [-0.15, -0.1) is 0 Å². The van der Waals surface area contributed by atoms with E-state index in [2.05, 4.69) is 24.0 Å². The highest BCUT2D eigenvalue weighted by Crippen LogP contribution is 2.24. The summed E-state index contributed by atoms with van der Waals surface area (Å²) < 4.78 is 0. The second kappa shape index (κ2) is 5.30. The molecule has 2 aromatic rings. The molecule has 86 valence electrons. The van der Waals surface area contributed by atoms with Gasteiger partial charge in [0.05, 0.1) is 0 Å². The topological polar surface area (TPSA) is 20.3 Å². The molecule has 0 N–H and O–H groups in total. The maximum atomic E-state index is 10.6. The molecule has 0 unspecified atom stereocenters. The van der Waals surface area contributed by atoms with Gasteiger partial charge in [-0.1, -0.05) is 18.2 Å². The van der Waals surface area contributed by atoms with E-state index >= 15 is 0 Å². The van der Waals surface area contributed by atoms with E-state index in [9.17, 15) is 4.79 Å². The Bertz CT molecular complexity index is 476. The van der Waals surface area contributed by atoms with Crippen molar-refractivity contribution in [3.8, 4) is 0 Å². The van der Waals surface area contributed by atoms with Gasteiger partial charge < -0.3 is 4.90 Å². The van der Waals surface area contributed by atoms with Gasteiger partial charge in [-0.05, 0) is 43.3 Å². The third-order valence-electron chi connectivity index (χ3n) is 2.72. The number of benzene rings is 2. The first-order valence-corrected chi connectivity index (χ1v) is 5.73. The van der Waals surface area contributed by atoms with Crippen LogP contribution in [0, 0.1) is 0 Å². The highest BCUT2D eigenvalue weighted by atomic mass is 16.1. The fourth-order valence-corrected chi connectivity index (χ4v) is 1.85. The van der Waals surface area contributed by atoms with Gasteiger partial charge in [-0.2, -0.15) is 0 Å². The van der Waals surface area contributed by atoms with Crippen LogP contribution < -0.4 is 4.90 Å². The Hall–Kier alpha value is -2.09. The molecule has 0 heterocycles. The minimum Gasteiger partial charge on any atom is -0.342 e. The van der Waals surface area contributed by atoms with Crippen LogP contribution in [0.4, 0.5) is 11.4 Å². The van der Waals surface area contributed by atoms with Crippen molar-refractivity contribution in [3.63, 3.8) is 0 Å². The first kappa shape index (κ1) is 11.4. The molecule has 0 bridgehead atoms. The molecule has 0 radical (unpaired) electrons. The monoisotopic (exact) mass is 225 g/mol. The third-order valence-corrected chi connectivity index (χ3v) is 2.72. The van der Waals surface area contributed by atoms with Gasteiger partial charge in [0.1, 0.15) is 6.29 Å². The zero-order valence-corrected chi connectivity index (χ0v) is 9.84. The molecule has 0 aliphatic rings. The Morgan fingerprint density at radius 2 is 1.53 bits per heavy atom. The first-order valence-electron chi connectivity index (χ1n) is 5.73. The molecule has 0 saturated heterocycles. The lowest BCUT2D eigenvalue weighted by Crippen LogP contribution is -2.15. The third kappa shape index (κ3) is 2.53. The summed E-state index contributed by atoms with van der Waals surface area (Å²) in [5.41, 5.74) is 2.97. The van der Waals surface area contributed by atoms with Gasteiger partial charge in [0.2, 0.25) is 0 Å². The minimum absolute atomic E-state index is 0.706. The normalized spacial score (nSPS) is 9.94. The van der Waals surface area contributed by atoms with Crippen LogP contribution in [0.2, 0.25) is 0 Å². The molecule has 2 rings (SSSR count). The highest BCUT2D eigenvalue weighted by molar-refractivity contribution is 5.76. The molecule has 2 heteroatoms. The maximum absolute atomic E-state index is 10.6. The molecule has 0 atom stereocenters. The van der Waals surface area contributed by atoms with Gasteiger partial charge in [-0.3, -0.25) is 4.79 Å². The molecule has 0 saturated carbocycles. The van der Waals surface area contributed by atoms with E-state index in [1.165, 1.54) is 0 Å². The van der Waals surface area contributed by atoms with Crippen LogP contribution in [0.15, 0.2) is 54.6 Å². The quantitative estimate of drug-likeness (QED) is 0.740. The summed E-state index contributed by atoms with van der Waals surface area (Å²) in [6.07, 6.45) is 0.864. The Balaban J connectivity index is 2.32. The Kier molecular flexibility index (Phi) is 3.55. The first-order chi connectivity index (χ1) is 8.35. The molecule has 17 heavy (non-hydrogen) atoms. The zero-order valence-electron chi connectivity index (χ0n) is 9.84. The fraction of sp³-hybridized carbons (Fsp3) is 0.133. The second-order valence-electron chi connectivity index (χ2n) is 3.79. The molecular formula is C15H15NO. The number of carbonyl (C=O) groups excluding carboxylic acids is 1. The van der Waals surface area contributed by atoms with Crippen molar-refractivity contribution in [1.82, 2.24) is 0 Å². The predicted octanol–water partition coefficient (Wildman–Crippen LogP) is 3.66. The Labute approximate surface area is 102 Å². The molecule has 0 aliphatic heterocycles. The second-order valence-corrected chi connectivity index (χ2v) is 3.79. The van der Waals surface area contributed by atoms with Crippen molar-refractivity contribution in [2.24, 2.45) is 0 Å². The lowest BCUT2D eigenvalue weighted by molar-refractivity contribution is 0.112. The van der Waals surface area contributed by atoms with Crippen molar-refractivity contribution in [2.75, 3.05) is 11.4 Å². The lowest BCUT2D eigenvalue weighted by Gasteiger charge is -2.23. The molecular weight excluding hydrogens is 210 g/mol. The number of hydrogen-bond donors (Lipinski definition) is 0. The molecule has 0 aromatic heterocycles. The van der Waals surface area contributed by atoms with Crippen LogP contribution in [0.25, 0.3) is 0 Å². The zero-order chi connectivity index (χ0) is 12.1. The van der Waals surface area contributed by atoms with E-state index in [1.807, 2.05) is 42.5 Å². The van der Waals surface area contributed by atoms with Crippen molar-refractivity contribution in [2.45, 2.75) is 6.92 Å². The summed E-state index contributed by atoms with van der Waals surface area (Å²) in [6, 6.07) is 17.8. The maximum Gasteiger partial charge on any atom is 0.150 e. The predicted molar refractivity (Wildman–Crippen MR) is 71.0 cm³/mol. The minimum atomic E-state index is 0.706. The van der Waals surface area contributed by atoms with Crippen LogP contribution in [0.3, 0.4) is 0 Å². The molecule has 0 amide bonds. The number of hydrogen-bond acceptors (Lipinski definition) is 2. The molecule has 2 nitrogen and oxygen atoms in total. The van der Waals surface area contributed by atoms with E-state index in [0.29, 0.717) is 5.56 Å². The molecule has 0 aliphatic carbocycles. The van der Waals surface area contributed by atoms with Crippen molar-refractivity contribution in [1.29, 1.82) is 0 Å². The van der Waals surface area contributed by atoms with Crippen molar-refractivity contribution in [3.05, 3.63) is 60.2 Å². The SMILES string of the molecule is CCN(c1ccccc1)c1ccc(C=O)cc1. The molecule has 2 aromatic carbocycles. The van der Waals surface area contributed by atoms with E-state index < -0.39 is 0 Å². The summed E-state index contributed by atoms with van der Waals surface area (Å²) in [4.78, 5) is 12.8. The summed E-state index contributed by atoms with van der Waals surface area (Å²) in [7, 11) is 0. The van der Waals surface area contributed by atoms with Crippen LogP contribution in [-0.2, 0) is 0 Å². The largest absolute Gasteiger partial charge is 0.342 e. The summed E-state index contributed by atoms with van der Waals surface area (Å²) in [5.74, 6) is 0. The summed E-state index contributed by atoms with van der Waals surface area (Å²) >= 11 is 0.